The molecule has 0 unspecified atom stereocenters. The molecule has 2 aromatic carbocycles. The Balaban J connectivity index is 1.67. The fourth-order valence-corrected chi connectivity index (χ4v) is 2.51. The first kappa shape index (κ1) is 15.4. The highest BCUT2D eigenvalue weighted by Gasteiger charge is 2.11. The Labute approximate surface area is 141 Å². The predicted octanol–water partition coefficient (Wildman–Crippen LogP) is 3.74. The molecule has 0 fully saturated rings. The van der Waals surface area contributed by atoms with Crippen molar-refractivity contribution >= 4 is 21.8 Å². The summed E-state index contributed by atoms with van der Waals surface area (Å²) in [5, 5.41) is 10.7. The molecule has 1 N–H and O–H groups in total. The molecule has 0 spiro atoms. The van der Waals surface area contributed by atoms with Gasteiger partial charge in [-0.15, -0.1) is 10.2 Å². The maximum Gasteiger partial charge on any atom is 0.251 e. The van der Waals surface area contributed by atoms with Crippen LogP contribution in [0.3, 0.4) is 0 Å². The lowest BCUT2D eigenvalue weighted by molar-refractivity contribution is 0.0947. The summed E-state index contributed by atoms with van der Waals surface area (Å²) in [6, 6.07) is 15.0. The Morgan fingerprint density at radius 1 is 1.17 bits per heavy atom. The Kier molecular flexibility index (Phi) is 4.52. The molecule has 1 amide bonds. The van der Waals surface area contributed by atoms with E-state index in [-0.39, 0.29) is 12.5 Å². The zero-order chi connectivity index (χ0) is 16.2. The van der Waals surface area contributed by atoms with Gasteiger partial charge in [-0.05, 0) is 37.3 Å². The molecule has 1 aromatic heterocycles. The van der Waals surface area contributed by atoms with Crippen LogP contribution in [0.2, 0.25) is 0 Å². The van der Waals surface area contributed by atoms with Gasteiger partial charge < -0.3 is 9.73 Å². The van der Waals surface area contributed by atoms with Crippen LogP contribution in [0.1, 0.15) is 21.8 Å². The van der Waals surface area contributed by atoms with E-state index < -0.39 is 0 Å². The largest absolute Gasteiger partial charge is 0.419 e. The van der Waals surface area contributed by atoms with Crippen molar-refractivity contribution in [3.63, 3.8) is 0 Å². The summed E-state index contributed by atoms with van der Waals surface area (Å²) in [7, 11) is 0. The summed E-state index contributed by atoms with van der Waals surface area (Å²) in [5.41, 5.74) is 2.55. The van der Waals surface area contributed by atoms with Crippen LogP contribution in [0.4, 0.5) is 0 Å². The number of hydrogen-bond donors (Lipinski definition) is 1. The summed E-state index contributed by atoms with van der Waals surface area (Å²) in [5.74, 6) is 0.617. The highest BCUT2D eigenvalue weighted by atomic mass is 79.9. The Hall–Kier alpha value is -2.47. The third-order valence-electron chi connectivity index (χ3n) is 3.22. The molecular weight excluding hydrogens is 358 g/mol. The van der Waals surface area contributed by atoms with Crippen LogP contribution < -0.4 is 5.32 Å². The van der Waals surface area contributed by atoms with Crippen molar-refractivity contribution in [2.24, 2.45) is 0 Å². The molecule has 0 aliphatic heterocycles. The predicted molar refractivity (Wildman–Crippen MR) is 89.8 cm³/mol. The second-order valence-corrected chi connectivity index (χ2v) is 5.98. The Morgan fingerprint density at radius 3 is 2.78 bits per heavy atom. The quantitative estimate of drug-likeness (QED) is 0.758. The fourth-order valence-electron chi connectivity index (χ4n) is 2.11. The van der Waals surface area contributed by atoms with Crippen LogP contribution in [-0.4, -0.2) is 16.1 Å². The number of amides is 1. The van der Waals surface area contributed by atoms with Gasteiger partial charge in [-0.1, -0.05) is 39.7 Å². The molecule has 0 bridgehead atoms. The van der Waals surface area contributed by atoms with E-state index in [2.05, 4.69) is 31.4 Å². The molecule has 0 saturated carbocycles. The average Bonchev–Trinajstić information content (AvgIpc) is 3.01. The second-order valence-electron chi connectivity index (χ2n) is 5.06. The van der Waals surface area contributed by atoms with Crippen LogP contribution in [0.15, 0.2) is 57.4 Å². The molecule has 0 radical (unpaired) electrons. The van der Waals surface area contributed by atoms with E-state index >= 15 is 0 Å². The minimum atomic E-state index is -0.193. The monoisotopic (exact) mass is 371 g/mol. The smallest absolute Gasteiger partial charge is 0.251 e. The number of carbonyl (C=O) groups excluding carboxylic acids is 1. The van der Waals surface area contributed by atoms with Gasteiger partial charge in [0.15, 0.2) is 0 Å². The van der Waals surface area contributed by atoms with E-state index in [4.69, 9.17) is 4.42 Å². The standard InChI is InChI=1S/C17H14BrN3O2/c1-11-4-2-6-13(8-11)17-21-20-15(23-17)10-19-16(22)12-5-3-7-14(18)9-12/h2-9H,10H2,1H3,(H,19,22). The lowest BCUT2D eigenvalue weighted by Crippen LogP contribution is -2.22. The number of aromatic nitrogens is 2. The van der Waals surface area contributed by atoms with Crippen LogP contribution >= 0.6 is 15.9 Å². The SMILES string of the molecule is Cc1cccc(-c2nnc(CNC(=O)c3cccc(Br)c3)o2)c1. The number of hydrogen-bond acceptors (Lipinski definition) is 4. The second kappa shape index (κ2) is 6.75. The van der Waals surface area contributed by atoms with Crippen LogP contribution in [0.25, 0.3) is 11.5 Å². The van der Waals surface area contributed by atoms with Gasteiger partial charge in [0.25, 0.3) is 5.91 Å². The highest BCUT2D eigenvalue weighted by molar-refractivity contribution is 9.10. The van der Waals surface area contributed by atoms with E-state index in [0.29, 0.717) is 17.3 Å². The Bertz CT molecular complexity index is 845. The summed E-state index contributed by atoms with van der Waals surface area (Å²) in [6.07, 6.45) is 0. The minimum absolute atomic E-state index is 0.185. The van der Waals surface area contributed by atoms with Gasteiger partial charge >= 0.3 is 0 Å². The molecule has 3 rings (SSSR count). The highest BCUT2D eigenvalue weighted by Crippen LogP contribution is 2.18. The molecule has 0 saturated heterocycles. The maximum atomic E-state index is 12.1. The summed E-state index contributed by atoms with van der Waals surface area (Å²) >= 11 is 3.34. The summed E-state index contributed by atoms with van der Waals surface area (Å²) in [4.78, 5) is 12.1. The first-order valence-corrected chi connectivity index (χ1v) is 7.84. The number of halogens is 1. The van der Waals surface area contributed by atoms with E-state index in [1.165, 1.54) is 0 Å². The number of nitrogens with zero attached hydrogens (tertiary/aromatic N) is 2. The molecule has 3 aromatic rings. The molecule has 5 nitrogen and oxygen atoms in total. The van der Waals surface area contributed by atoms with Crippen molar-refractivity contribution in [2.45, 2.75) is 13.5 Å². The van der Waals surface area contributed by atoms with Crippen molar-refractivity contribution in [1.29, 1.82) is 0 Å². The van der Waals surface area contributed by atoms with Crippen LogP contribution in [0.5, 0.6) is 0 Å². The van der Waals surface area contributed by atoms with Crippen molar-refractivity contribution in [1.82, 2.24) is 15.5 Å². The summed E-state index contributed by atoms with van der Waals surface area (Å²) in [6.45, 7) is 2.18. The lowest BCUT2D eigenvalue weighted by Gasteiger charge is -2.02. The fraction of sp³-hybridized carbons (Fsp3) is 0.118. The molecule has 0 aliphatic carbocycles. The van der Waals surface area contributed by atoms with Crippen molar-refractivity contribution in [3.05, 3.63) is 70.0 Å². The van der Waals surface area contributed by atoms with Crippen molar-refractivity contribution < 1.29 is 9.21 Å². The van der Waals surface area contributed by atoms with Gasteiger partial charge in [0, 0.05) is 15.6 Å². The average molecular weight is 372 g/mol. The van der Waals surface area contributed by atoms with Gasteiger partial charge in [-0.2, -0.15) is 0 Å². The minimum Gasteiger partial charge on any atom is -0.419 e. The lowest BCUT2D eigenvalue weighted by atomic mass is 10.1. The Morgan fingerprint density at radius 2 is 2.00 bits per heavy atom. The normalized spacial score (nSPS) is 10.5. The maximum absolute atomic E-state index is 12.1. The van der Waals surface area contributed by atoms with E-state index in [0.717, 1.165) is 15.6 Å². The van der Waals surface area contributed by atoms with E-state index in [1.54, 1.807) is 12.1 Å². The topological polar surface area (TPSA) is 68.0 Å². The number of carbonyl (C=O) groups is 1. The van der Waals surface area contributed by atoms with Crippen LogP contribution in [-0.2, 0) is 6.54 Å². The van der Waals surface area contributed by atoms with Gasteiger partial charge in [0.1, 0.15) is 0 Å². The molecule has 1 heterocycles. The zero-order valence-electron chi connectivity index (χ0n) is 12.4. The third-order valence-corrected chi connectivity index (χ3v) is 3.71. The van der Waals surface area contributed by atoms with Crippen molar-refractivity contribution in [2.75, 3.05) is 0 Å². The van der Waals surface area contributed by atoms with Crippen LogP contribution in [0, 0.1) is 6.92 Å². The molecule has 116 valence electrons. The van der Waals surface area contributed by atoms with Gasteiger partial charge in [0.05, 0.1) is 6.54 Å². The number of rotatable bonds is 4. The van der Waals surface area contributed by atoms with Gasteiger partial charge in [-0.3, -0.25) is 4.79 Å². The molecule has 0 aliphatic rings. The zero-order valence-corrected chi connectivity index (χ0v) is 14.0. The van der Waals surface area contributed by atoms with Gasteiger partial charge in [0.2, 0.25) is 11.8 Å². The first-order chi connectivity index (χ1) is 11.1. The molecule has 0 atom stereocenters. The number of aryl methyl sites for hydroxylation is 1. The van der Waals surface area contributed by atoms with Gasteiger partial charge in [-0.25, -0.2) is 0 Å². The third kappa shape index (κ3) is 3.84. The molecule has 6 heteroatoms. The van der Waals surface area contributed by atoms with E-state index in [9.17, 15) is 4.79 Å². The molecule has 23 heavy (non-hydrogen) atoms. The number of nitrogens with one attached hydrogen (secondary N) is 1. The van der Waals surface area contributed by atoms with E-state index in [1.807, 2.05) is 43.3 Å². The molecular formula is C17H14BrN3O2. The first-order valence-electron chi connectivity index (χ1n) is 7.05. The van der Waals surface area contributed by atoms with Crippen molar-refractivity contribution in [3.8, 4) is 11.5 Å². The number of benzene rings is 2. The summed E-state index contributed by atoms with van der Waals surface area (Å²) < 4.78 is 6.44.